The molecule has 1 amide bonds. The molecular formula is C22H30ClN3OS. The predicted octanol–water partition coefficient (Wildman–Crippen LogP) is 4.94. The van der Waals surface area contributed by atoms with E-state index >= 15 is 0 Å². The summed E-state index contributed by atoms with van der Waals surface area (Å²) in [7, 11) is 2.18. The molecule has 2 heterocycles. The Bertz CT molecular complexity index is 857. The molecule has 0 aliphatic carbocycles. The van der Waals surface area contributed by atoms with E-state index in [4.69, 9.17) is 11.6 Å². The zero-order valence-corrected chi connectivity index (χ0v) is 19.2. The summed E-state index contributed by atoms with van der Waals surface area (Å²) in [5, 5.41) is 4.84. The molecule has 4 nitrogen and oxygen atoms in total. The smallest absolute Gasteiger partial charge is 0.225 e. The van der Waals surface area contributed by atoms with Gasteiger partial charge in [-0.1, -0.05) is 23.7 Å². The van der Waals surface area contributed by atoms with E-state index in [1.807, 2.05) is 31.2 Å². The van der Waals surface area contributed by atoms with Crippen molar-refractivity contribution in [1.82, 2.24) is 15.2 Å². The average molecular weight is 420 g/mol. The third kappa shape index (κ3) is 4.27. The second-order valence-corrected chi connectivity index (χ2v) is 10.6. The van der Waals surface area contributed by atoms with Crippen LogP contribution in [-0.2, 0) is 11.2 Å². The minimum atomic E-state index is 0.0574. The Morgan fingerprint density at radius 2 is 1.93 bits per heavy atom. The van der Waals surface area contributed by atoms with Gasteiger partial charge < -0.3 is 5.32 Å². The number of thiazole rings is 1. The lowest BCUT2D eigenvalue weighted by Gasteiger charge is -2.38. The summed E-state index contributed by atoms with van der Waals surface area (Å²) < 4.78 is 0. The SMILES string of the molecule is Cc1nc(-c2ccc(Cl)cc2)c(CC(=O)NCC2CC(C)(C)N(C)C2(C)C)s1. The van der Waals surface area contributed by atoms with E-state index in [2.05, 4.69) is 49.9 Å². The van der Waals surface area contributed by atoms with Crippen molar-refractivity contribution < 1.29 is 4.79 Å². The maximum Gasteiger partial charge on any atom is 0.225 e. The predicted molar refractivity (Wildman–Crippen MR) is 118 cm³/mol. The molecule has 1 aliphatic heterocycles. The highest BCUT2D eigenvalue weighted by Crippen LogP contribution is 2.43. The zero-order valence-electron chi connectivity index (χ0n) is 17.6. The van der Waals surface area contributed by atoms with Gasteiger partial charge in [0.2, 0.25) is 5.91 Å². The van der Waals surface area contributed by atoms with Gasteiger partial charge in [0.25, 0.3) is 0 Å². The van der Waals surface area contributed by atoms with E-state index in [1.165, 1.54) is 0 Å². The van der Waals surface area contributed by atoms with Crippen LogP contribution in [0.3, 0.4) is 0 Å². The molecule has 1 aromatic carbocycles. The van der Waals surface area contributed by atoms with Gasteiger partial charge in [-0.3, -0.25) is 9.69 Å². The first-order valence-corrected chi connectivity index (χ1v) is 10.9. The molecule has 0 spiro atoms. The van der Waals surface area contributed by atoms with Gasteiger partial charge in [-0.2, -0.15) is 0 Å². The van der Waals surface area contributed by atoms with Gasteiger partial charge in [-0.25, -0.2) is 4.98 Å². The summed E-state index contributed by atoms with van der Waals surface area (Å²) in [4.78, 5) is 20.8. The Morgan fingerprint density at radius 3 is 2.50 bits per heavy atom. The number of likely N-dealkylation sites (tertiary alicyclic amines) is 1. The largest absolute Gasteiger partial charge is 0.355 e. The summed E-state index contributed by atoms with van der Waals surface area (Å²) in [6, 6.07) is 7.63. The second kappa shape index (κ2) is 7.77. The van der Waals surface area contributed by atoms with E-state index in [-0.39, 0.29) is 17.0 Å². The molecule has 1 saturated heterocycles. The summed E-state index contributed by atoms with van der Waals surface area (Å²) in [5.41, 5.74) is 2.09. The highest BCUT2D eigenvalue weighted by Gasteiger charge is 2.48. The van der Waals surface area contributed by atoms with Crippen LogP contribution in [0.4, 0.5) is 0 Å². The first-order valence-electron chi connectivity index (χ1n) is 9.73. The quantitative estimate of drug-likeness (QED) is 0.746. The van der Waals surface area contributed by atoms with Gasteiger partial charge in [-0.15, -0.1) is 11.3 Å². The molecule has 0 bridgehead atoms. The molecule has 1 N–H and O–H groups in total. The number of carbonyl (C=O) groups is 1. The lowest BCUT2D eigenvalue weighted by molar-refractivity contribution is -0.120. The Morgan fingerprint density at radius 1 is 1.29 bits per heavy atom. The number of halogens is 1. The first-order chi connectivity index (χ1) is 13.0. The number of aromatic nitrogens is 1. The zero-order chi connectivity index (χ0) is 20.7. The van der Waals surface area contributed by atoms with Crippen LogP contribution in [0.25, 0.3) is 11.3 Å². The van der Waals surface area contributed by atoms with Crippen LogP contribution in [-0.4, -0.2) is 40.5 Å². The van der Waals surface area contributed by atoms with Crippen molar-refractivity contribution in [2.75, 3.05) is 13.6 Å². The van der Waals surface area contributed by atoms with Crippen LogP contribution in [0.5, 0.6) is 0 Å². The fourth-order valence-corrected chi connectivity index (χ4v) is 5.32. The highest BCUT2D eigenvalue weighted by atomic mass is 35.5. The van der Waals surface area contributed by atoms with Gasteiger partial charge in [0.1, 0.15) is 0 Å². The van der Waals surface area contributed by atoms with E-state index < -0.39 is 0 Å². The molecule has 1 fully saturated rings. The third-order valence-electron chi connectivity index (χ3n) is 6.31. The molecule has 1 unspecified atom stereocenters. The van der Waals surface area contributed by atoms with Gasteiger partial charge in [0, 0.05) is 33.1 Å². The monoisotopic (exact) mass is 419 g/mol. The first kappa shape index (κ1) is 21.3. The van der Waals surface area contributed by atoms with Crippen molar-refractivity contribution in [3.63, 3.8) is 0 Å². The number of nitrogens with one attached hydrogen (secondary N) is 1. The van der Waals surface area contributed by atoms with Crippen molar-refractivity contribution in [3.8, 4) is 11.3 Å². The minimum absolute atomic E-state index is 0.0574. The molecule has 0 saturated carbocycles. The van der Waals surface area contributed by atoms with Crippen LogP contribution in [0.2, 0.25) is 5.02 Å². The number of benzene rings is 1. The van der Waals surface area contributed by atoms with Crippen molar-refractivity contribution >= 4 is 28.8 Å². The second-order valence-electron chi connectivity index (χ2n) is 8.92. The van der Waals surface area contributed by atoms with Crippen LogP contribution < -0.4 is 5.32 Å². The van der Waals surface area contributed by atoms with E-state index in [0.717, 1.165) is 27.6 Å². The standard InChI is InChI=1S/C22H30ClN3OS/c1-14-25-20(15-7-9-17(23)10-8-15)18(28-14)11-19(27)24-13-16-12-21(2,3)26(6)22(16,4)5/h7-10,16H,11-13H2,1-6H3,(H,24,27). The summed E-state index contributed by atoms with van der Waals surface area (Å²) in [6.45, 7) is 11.8. The van der Waals surface area contributed by atoms with E-state index in [1.54, 1.807) is 11.3 Å². The van der Waals surface area contributed by atoms with E-state index in [9.17, 15) is 4.79 Å². The molecule has 28 heavy (non-hydrogen) atoms. The minimum Gasteiger partial charge on any atom is -0.355 e. The van der Waals surface area contributed by atoms with Crippen molar-refractivity contribution in [2.45, 2.75) is 58.5 Å². The topological polar surface area (TPSA) is 45.2 Å². The molecule has 2 aromatic rings. The number of nitrogens with zero attached hydrogens (tertiary/aromatic N) is 2. The Labute approximate surface area is 177 Å². The third-order valence-corrected chi connectivity index (χ3v) is 7.53. The van der Waals surface area contributed by atoms with Crippen molar-refractivity contribution in [2.24, 2.45) is 5.92 Å². The van der Waals surface area contributed by atoms with Gasteiger partial charge in [0.05, 0.1) is 17.1 Å². The van der Waals surface area contributed by atoms with Gasteiger partial charge >= 0.3 is 0 Å². The lowest BCUT2D eigenvalue weighted by Crippen LogP contribution is -2.48. The van der Waals surface area contributed by atoms with Crippen LogP contribution >= 0.6 is 22.9 Å². The fourth-order valence-electron chi connectivity index (χ4n) is 4.23. The number of aryl methyl sites for hydroxylation is 1. The van der Waals surface area contributed by atoms with Crippen LogP contribution in [0.15, 0.2) is 24.3 Å². The Balaban J connectivity index is 1.67. The molecule has 0 radical (unpaired) electrons. The lowest BCUT2D eigenvalue weighted by atomic mass is 9.87. The number of hydrogen-bond acceptors (Lipinski definition) is 4. The number of amides is 1. The normalized spacial score (nSPS) is 21.0. The number of carbonyl (C=O) groups excluding carboxylic acids is 1. The summed E-state index contributed by atoms with van der Waals surface area (Å²) in [6.07, 6.45) is 1.43. The van der Waals surface area contributed by atoms with Crippen LogP contribution in [0.1, 0.15) is 44.0 Å². The average Bonchev–Trinajstić information content (AvgIpc) is 3.04. The summed E-state index contributed by atoms with van der Waals surface area (Å²) >= 11 is 7.59. The molecule has 152 valence electrons. The molecule has 1 atom stereocenters. The number of hydrogen-bond donors (Lipinski definition) is 1. The fraction of sp³-hybridized carbons (Fsp3) is 0.545. The molecule has 6 heteroatoms. The molecule has 1 aromatic heterocycles. The molecule has 1 aliphatic rings. The van der Waals surface area contributed by atoms with Gasteiger partial charge in [0.15, 0.2) is 0 Å². The van der Waals surface area contributed by atoms with Gasteiger partial charge in [-0.05, 0) is 66.1 Å². The van der Waals surface area contributed by atoms with Crippen molar-refractivity contribution in [3.05, 3.63) is 39.2 Å². The number of rotatable bonds is 5. The highest BCUT2D eigenvalue weighted by molar-refractivity contribution is 7.12. The maximum absolute atomic E-state index is 12.7. The van der Waals surface area contributed by atoms with E-state index in [0.29, 0.717) is 23.9 Å². The summed E-state index contributed by atoms with van der Waals surface area (Å²) in [5.74, 6) is 0.484. The molecule has 3 rings (SSSR count). The molecular weight excluding hydrogens is 390 g/mol. The maximum atomic E-state index is 12.7. The van der Waals surface area contributed by atoms with Crippen LogP contribution in [0, 0.1) is 12.8 Å². The Hall–Kier alpha value is -1.43. The Kier molecular flexibility index (Phi) is 5.91. The van der Waals surface area contributed by atoms with Crippen molar-refractivity contribution in [1.29, 1.82) is 0 Å².